The van der Waals surface area contributed by atoms with Crippen molar-refractivity contribution in [1.29, 1.82) is 0 Å². The van der Waals surface area contributed by atoms with Gasteiger partial charge in [-0.05, 0) is 36.7 Å². The molecule has 0 spiro atoms. The summed E-state index contributed by atoms with van der Waals surface area (Å²) in [5.41, 5.74) is 0. The summed E-state index contributed by atoms with van der Waals surface area (Å²) in [6.45, 7) is 5.31. The van der Waals surface area contributed by atoms with E-state index in [0.717, 1.165) is 17.5 Å². The van der Waals surface area contributed by atoms with Crippen LogP contribution in [0.4, 0.5) is 0 Å². The second kappa shape index (κ2) is 4.94. The zero-order chi connectivity index (χ0) is 10.7. The first-order valence-corrected chi connectivity index (χ1v) is 6.44. The van der Waals surface area contributed by atoms with Crippen molar-refractivity contribution in [3.05, 3.63) is 0 Å². The van der Waals surface area contributed by atoms with Crippen molar-refractivity contribution >= 4 is 11.8 Å². The van der Waals surface area contributed by atoms with Gasteiger partial charge in [0.05, 0.1) is 6.04 Å². The van der Waals surface area contributed by atoms with Gasteiger partial charge in [0.25, 0.3) is 0 Å². The van der Waals surface area contributed by atoms with Crippen molar-refractivity contribution in [3.63, 3.8) is 0 Å². The first kappa shape index (κ1) is 10.9. The van der Waals surface area contributed by atoms with Crippen LogP contribution in [0.1, 0.15) is 32.7 Å². The normalized spacial score (nSPS) is 18.0. The minimum absolute atomic E-state index is 0.504. The Balaban J connectivity index is 1.84. The highest BCUT2D eigenvalue weighted by Gasteiger charge is 2.27. The van der Waals surface area contributed by atoms with Crippen LogP contribution in [-0.4, -0.2) is 38.5 Å². The highest BCUT2D eigenvalue weighted by Crippen LogP contribution is 2.36. The van der Waals surface area contributed by atoms with Gasteiger partial charge in [0.15, 0.2) is 0 Å². The van der Waals surface area contributed by atoms with E-state index in [2.05, 4.69) is 34.7 Å². The smallest absolute Gasteiger partial charge is 0.209 e. The van der Waals surface area contributed by atoms with Crippen LogP contribution in [0.15, 0.2) is 5.16 Å². The molecule has 1 aromatic rings. The maximum atomic E-state index is 4.05. The average Bonchev–Trinajstić information content (AvgIpc) is 2.96. The van der Waals surface area contributed by atoms with E-state index in [1.165, 1.54) is 12.8 Å². The van der Waals surface area contributed by atoms with Crippen LogP contribution < -0.4 is 5.32 Å². The van der Waals surface area contributed by atoms with E-state index in [1.807, 2.05) is 4.68 Å². The molecule has 1 fully saturated rings. The number of nitrogens with one attached hydrogen (secondary N) is 1. The zero-order valence-electron chi connectivity index (χ0n) is 9.18. The molecule has 1 heterocycles. The Morgan fingerprint density at radius 3 is 3.07 bits per heavy atom. The van der Waals surface area contributed by atoms with Gasteiger partial charge in [0.2, 0.25) is 5.16 Å². The molecule has 1 N–H and O–H groups in total. The minimum Gasteiger partial charge on any atom is -0.314 e. The minimum atomic E-state index is 0.504. The predicted molar refractivity (Wildman–Crippen MR) is 60.0 cm³/mol. The molecule has 1 atom stereocenters. The Bertz CT molecular complexity index is 309. The summed E-state index contributed by atoms with van der Waals surface area (Å²) in [4.78, 5) is 0. The number of aromatic nitrogens is 4. The van der Waals surface area contributed by atoms with Crippen LogP contribution in [0, 0.1) is 0 Å². The van der Waals surface area contributed by atoms with Crippen LogP contribution in [-0.2, 0) is 0 Å². The van der Waals surface area contributed by atoms with Crippen molar-refractivity contribution in [2.75, 3.05) is 12.3 Å². The third-order valence-corrected chi connectivity index (χ3v) is 3.56. The fourth-order valence-corrected chi connectivity index (χ4v) is 2.36. The molecule has 5 nitrogen and oxygen atoms in total. The van der Waals surface area contributed by atoms with Crippen LogP contribution >= 0.6 is 11.8 Å². The molecular weight excluding hydrogens is 210 g/mol. The van der Waals surface area contributed by atoms with Gasteiger partial charge in [-0.3, -0.25) is 0 Å². The van der Waals surface area contributed by atoms with Crippen LogP contribution in [0.2, 0.25) is 0 Å². The largest absolute Gasteiger partial charge is 0.314 e. The van der Waals surface area contributed by atoms with Crippen molar-refractivity contribution in [2.24, 2.45) is 0 Å². The van der Waals surface area contributed by atoms with Gasteiger partial charge in [-0.2, -0.15) is 0 Å². The number of tetrazole rings is 1. The molecule has 0 aromatic carbocycles. The Labute approximate surface area is 94.0 Å². The predicted octanol–water partition coefficient (Wildman–Crippen LogP) is 1.10. The van der Waals surface area contributed by atoms with Gasteiger partial charge in [-0.1, -0.05) is 18.7 Å². The summed E-state index contributed by atoms with van der Waals surface area (Å²) in [6.07, 6.45) is 2.45. The lowest BCUT2D eigenvalue weighted by molar-refractivity contribution is 0.563. The van der Waals surface area contributed by atoms with Gasteiger partial charge in [-0.25, -0.2) is 4.68 Å². The van der Waals surface area contributed by atoms with Crippen LogP contribution in [0.3, 0.4) is 0 Å². The molecule has 6 heteroatoms. The van der Waals surface area contributed by atoms with E-state index < -0.39 is 0 Å². The molecule has 2 rings (SSSR count). The summed E-state index contributed by atoms with van der Waals surface area (Å²) < 4.78 is 1.96. The average molecular weight is 227 g/mol. The molecule has 1 aliphatic carbocycles. The Kier molecular flexibility index (Phi) is 3.58. The van der Waals surface area contributed by atoms with E-state index in [1.54, 1.807) is 11.8 Å². The maximum absolute atomic E-state index is 4.05. The zero-order valence-corrected chi connectivity index (χ0v) is 10.00. The van der Waals surface area contributed by atoms with Gasteiger partial charge in [-0.15, -0.1) is 5.10 Å². The molecule has 0 saturated heterocycles. The molecule has 1 unspecified atom stereocenters. The van der Waals surface area contributed by atoms with E-state index in [0.29, 0.717) is 12.1 Å². The second-order valence-corrected chi connectivity index (χ2v) is 4.89. The topological polar surface area (TPSA) is 55.6 Å². The van der Waals surface area contributed by atoms with Crippen molar-refractivity contribution < 1.29 is 0 Å². The summed E-state index contributed by atoms with van der Waals surface area (Å²) in [7, 11) is 0. The summed E-state index contributed by atoms with van der Waals surface area (Å²) in [5.74, 6) is 1.01. The van der Waals surface area contributed by atoms with Crippen LogP contribution in [0.25, 0.3) is 0 Å². The highest BCUT2D eigenvalue weighted by atomic mass is 32.2. The fourth-order valence-electron chi connectivity index (χ4n) is 1.44. The van der Waals surface area contributed by atoms with E-state index in [9.17, 15) is 0 Å². The lowest BCUT2D eigenvalue weighted by Gasteiger charge is -2.10. The molecule has 0 bridgehead atoms. The first-order valence-electron chi connectivity index (χ1n) is 5.45. The van der Waals surface area contributed by atoms with Gasteiger partial charge >= 0.3 is 0 Å². The first-order chi connectivity index (χ1) is 7.31. The Morgan fingerprint density at radius 1 is 1.60 bits per heavy atom. The number of hydrogen-bond donors (Lipinski definition) is 1. The second-order valence-electron chi connectivity index (χ2n) is 3.91. The SMILES string of the molecule is CCNC(C)CSc1nnnn1C1CC1. The highest BCUT2D eigenvalue weighted by molar-refractivity contribution is 7.99. The molecule has 0 amide bonds. The third-order valence-electron chi connectivity index (χ3n) is 2.37. The number of hydrogen-bond acceptors (Lipinski definition) is 5. The lowest BCUT2D eigenvalue weighted by Crippen LogP contribution is -2.27. The molecule has 0 aliphatic heterocycles. The maximum Gasteiger partial charge on any atom is 0.209 e. The van der Waals surface area contributed by atoms with E-state index >= 15 is 0 Å². The van der Waals surface area contributed by atoms with Gasteiger partial charge in [0, 0.05) is 11.8 Å². The summed E-state index contributed by atoms with van der Waals surface area (Å²) in [6, 6.07) is 1.07. The molecule has 1 aromatic heterocycles. The van der Waals surface area contributed by atoms with Crippen LogP contribution in [0.5, 0.6) is 0 Å². The summed E-state index contributed by atoms with van der Waals surface area (Å²) in [5, 5.41) is 16.1. The third kappa shape index (κ3) is 2.92. The molecule has 0 radical (unpaired) electrons. The summed E-state index contributed by atoms with van der Waals surface area (Å²) >= 11 is 1.73. The van der Waals surface area contributed by atoms with Crippen molar-refractivity contribution in [2.45, 2.75) is 43.9 Å². The standard InChI is InChI=1S/C9H17N5S/c1-3-10-7(2)6-15-9-11-12-13-14(9)8-4-5-8/h7-8,10H,3-6H2,1-2H3. The van der Waals surface area contributed by atoms with Gasteiger partial charge < -0.3 is 5.32 Å². The molecule has 1 saturated carbocycles. The monoisotopic (exact) mass is 227 g/mol. The molecule has 1 aliphatic rings. The number of thioether (sulfide) groups is 1. The van der Waals surface area contributed by atoms with Crippen molar-refractivity contribution in [1.82, 2.24) is 25.5 Å². The number of rotatable bonds is 6. The van der Waals surface area contributed by atoms with Gasteiger partial charge in [0.1, 0.15) is 0 Å². The van der Waals surface area contributed by atoms with E-state index in [-0.39, 0.29) is 0 Å². The van der Waals surface area contributed by atoms with Crippen molar-refractivity contribution in [3.8, 4) is 0 Å². The van der Waals surface area contributed by atoms with E-state index in [4.69, 9.17) is 0 Å². The Hall–Kier alpha value is -0.620. The quantitative estimate of drug-likeness (QED) is 0.737. The molecular formula is C9H17N5S. The Morgan fingerprint density at radius 2 is 2.40 bits per heavy atom. The number of nitrogens with zero attached hydrogens (tertiary/aromatic N) is 4. The fraction of sp³-hybridized carbons (Fsp3) is 0.889. The molecule has 15 heavy (non-hydrogen) atoms. The lowest BCUT2D eigenvalue weighted by atomic mass is 10.4. The molecule has 84 valence electrons.